The molecule has 27 heavy (non-hydrogen) atoms. The number of benzene rings is 1. The molecule has 1 aromatic rings. The van der Waals surface area contributed by atoms with Crippen LogP contribution in [0.2, 0.25) is 0 Å². The Morgan fingerprint density at radius 1 is 1.07 bits per heavy atom. The Hall–Kier alpha value is -2.58. The van der Waals surface area contributed by atoms with E-state index in [9.17, 15) is 27.6 Å². The molecule has 1 heterocycles. The molecule has 1 spiro atoms. The van der Waals surface area contributed by atoms with Gasteiger partial charge in [0.15, 0.2) is 0 Å². The minimum Gasteiger partial charge on any atom is -0.325 e. The Kier molecular flexibility index (Phi) is 5.12. The van der Waals surface area contributed by atoms with Crippen LogP contribution in [-0.4, -0.2) is 34.8 Å². The molecule has 1 saturated carbocycles. The molecule has 2 aliphatic rings. The molecule has 0 radical (unpaired) electrons. The van der Waals surface area contributed by atoms with Gasteiger partial charge in [-0.25, -0.2) is 4.79 Å². The van der Waals surface area contributed by atoms with E-state index in [1.165, 1.54) is 0 Å². The Bertz CT molecular complexity index is 738. The molecule has 0 unspecified atom stereocenters. The van der Waals surface area contributed by atoms with E-state index >= 15 is 0 Å². The van der Waals surface area contributed by atoms with E-state index in [0.29, 0.717) is 12.8 Å². The SMILES string of the molecule is O=C(CN1C(=O)NC2(CCCCCC2)C1=O)Nc1ccc(C(F)(F)F)cc1. The molecule has 0 atom stereocenters. The summed E-state index contributed by atoms with van der Waals surface area (Å²) >= 11 is 0. The Balaban J connectivity index is 1.63. The lowest BCUT2D eigenvalue weighted by Gasteiger charge is -2.24. The van der Waals surface area contributed by atoms with Crippen LogP contribution in [0.15, 0.2) is 24.3 Å². The lowest BCUT2D eigenvalue weighted by Crippen LogP contribution is -2.47. The van der Waals surface area contributed by atoms with Crippen LogP contribution in [0, 0.1) is 0 Å². The van der Waals surface area contributed by atoms with E-state index < -0.39 is 41.7 Å². The van der Waals surface area contributed by atoms with Crippen LogP contribution in [0.4, 0.5) is 23.7 Å². The van der Waals surface area contributed by atoms with Crippen LogP contribution in [0.25, 0.3) is 0 Å². The topological polar surface area (TPSA) is 78.5 Å². The first-order chi connectivity index (χ1) is 12.7. The molecular weight excluding hydrogens is 363 g/mol. The maximum atomic E-state index is 12.7. The van der Waals surface area contributed by atoms with Gasteiger partial charge >= 0.3 is 12.2 Å². The predicted octanol–water partition coefficient (Wildman–Crippen LogP) is 3.29. The number of amides is 4. The van der Waals surface area contributed by atoms with Crippen molar-refractivity contribution in [2.75, 3.05) is 11.9 Å². The first-order valence-corrected chi connectivity index (χ1v) is 8.82. The summed E-state index contributed by atoms with van der Waals surface area (Å²) in [4.78, 5) is 38.0. The summed E-state index contributed by atoms with van der Waals surface area (Å²) in [6.45, 7) is -0.479. The number of hydrogen-bond acceptors (Lipinski definition) is 3. The van der Waals surface area contributed by atoms with Crippen LogP contribution < -0.4 is 10.6 Å². The first kappa shape index (κ1) is 19.2. The van der Waals surface area contributed by atoms with E-state index in [1.54, 1.807) is 0 Å². The molecule has 2 fully saturated rings. The lowest BCUT2D eigenvalue weighted by atomic mass is 9.90. The number of anilines is 1. The standard InChI is InChI=1S/C18H20F3N3O3/c19-18(20,21)12-5-7-13(8-6-12)22-14(25)11-24-15(26)17(23-16(24)27)9-3-1-2-4-10-17/h5-8H,1-4,9-11H2,(H,22,25)(H,23,27). The number of halogens is 3. The van der Waals surface area contributed by atoms with Crippen molar-refractivity contribution >= 4 is 23.5 Å². The molecule has 6 nitrogen and oxygen atoms in total. The van der Waals surface area contributed by atoms with Gasteiger partial charge in [-0.3, -0.25) is 14.5 Å². The zero-order valence-electron chi connectivity index (χ0n) is 14.6. The number of nitrogens with zero attached hydrogens (tertiary/aromatic N) is 1. The quantitative estimate of drug-likeness (QED) is 0.787. The highest BCUT2D eigenvalue weighted by atomic mass is 19.4. The second-order valence-electron chi connectivity index (χ2n) is 6.94. The van der Waals surface area contributed by atoms with Crippen molar-refractivity contribution in [1.82, 2.24) is 10.2 Å². The van der Waals surface area contributed by atoms with Crippen LogP contribution in [0.1, 0.15) is 44.1 Å². The third kappa shape index (κ3) is 4.06. The molecule has 0 aromatic heterocycles. The Labute approximate surface area is 154 Å². The summed E-state index contributed by atoms with van der Waals surface area (Å²) in [7, 11) is 0. The van der Waals surface area contributed by atoms with E-state index in [4.69, 9.17) is 0 Å². The summed E-state index contributed by atoms with van der Waals surface area (Å²) < 4.78 is 37.7. The average Bonchev–Trinajstić information content (AvgIpc) is 2.77. The fourth-order valence-electron chi connectivity index (χ4n) is 3.58. The number of urea groups is 1. The van der Waals surface area contributed by atoms with Gasteiger partial charge < -0.3 is 10.6 Å². The highest BCUT2D eigenvalue weighted by Gasteiger charge is 2.51. The van der Waals surface area contributed by atoms with Crippen molar-refractivity contribution in [3.8, 4) is 0 Å². The number of carbonyl (C=O) groups is 3. The van der Waals surface area contributed by atoms with Gasteiger partial charge in [0.2, 0.25) is 5.91 Å². The van der Waals surface area contributed by atoms with Gasteiger partial charge in [-0.05, 0) is 37.1 Å². The molecular formula is C18H20F3N3O3. The van der Waals surface area contributed by atoms with Gasteiger partial charge in [0, 0.05) is 5.69 Å². The van der Waals surface area contributed by atoms with Gasteiger partial charge in [-0.2, -0.15) is 13.2 Å². The van der Waals surface area contributed by atoms with Crippen molar-refractivity contribution in [3.05, 3.63) is 29.8 Å². The summed E-state index contributed by atoms with van der Waals surface area (Å²) in [6.07, 6.45) is 0.298. The third-order valence-corrected chi connectivity index (χ3v) is 5.00. The Morgan fingerprint density at radius 2 is 1.67 bits per heavy atom. The van der Waals surface area contributed by atoms with Crippen LogP contribution in [0.3, 0.4) is 0 Å². The molecule has 0 bridgehead atoms. The number of hydrogen-bond donors (Lipinski definition) is 2. The summed E-state index contributed by atoms with van der Waals surface area (Å²) in [5, 5.41) is 5.15. The van der Waals surface area contributed by atoms with Gasteiger partial charge in [0.05, 0.1) is 5.56 Å². The van der Waals surface area contributed by atoms with Crippen LogP contribution in [-0.2, 0) is 15.8 Å². The average molecular weight is 383 g/mol. The molecule has 146 valence electrons. The minimum atomic E-state index is -4.46. The van der Waals surface area contributed by atoms with Crippen LogP contribution >= 0.6 is 0 Å². The molecule has 1 aromatic carbocycles. The fraction of sp³-hybridized carbons (Fsp3) is 0.500. The van der Waals surface area contributed by atoms with E-state index in [2.05, 4.69) is 10.6 Å². The molecule has 3 rings (SSSR count). The highest BCUT2D eigenvalue weighted by Crippen LogP contribution is 2.33. The molecule has 1 saturated heterocycles. The first-order valence-electron chi connectivity index (χ1n) is 8.82. The third-order valence-electron chi connectivity index (χ3n) is 5.00. The van der Waals surface area contributed by atoms with E-state index in [1.807, 2.05) is 0 Å². The largest absolute Gasteiger partial charge is 0.416 e. The van der Waals surface area contributed by atoms with Crippen molar-refractivity contribution < 1.29 is 27.6 Å². The predicted molar refractivity (Wildman–Crippen MR) is 90.8 cm³/mol. The van der Waals surface area contributed by atoms with E-state index in [0.717, 1.165) is 54.8 Å². The van der Waals surface area contributed by atoms with Crippen molar-refractivity contribution in [2.45, 2.75) is 50.2 Å². The molecule has 1 aliphatic heterocycles. The summed E-state index contributed by atoms with van der Waals surface area (Å²) in [5.41, 5.74) is -1.60. The smallest absolute Gasteiger partial charge is 0.325 e. The molecule has 2 N–H and O–H groups in total. The lowest BCUT2D eigenvalue weighted by molar-refractivity contribution is -0.137. The van der Waals surface area contributed by atoms with Crippen molar-refractivity contribution in [2.24, 2.45) is 0 Å². The number of carbonyl (C=O) groups excluding carboxylic acids is 3. The van der Waals surface area contributed by atoms with Crippen molar-refractivity contribution in [1.29, 1.82) is 0 Å². The molecule has 1 aliphatic carbocycles. The number of nitrogens with one attached hydrogen (secondary N) is 2. The van der Waals surface area contributed by atoms with Gasteiger partial charge in [0.25, 0.3) is 5.91 Å². The molecule has 9 heteroatoms. The van der Waals surface area contributed by atoms with Gasteiger partial charge in [0.1, 0.15) is 12.1 Å². The molecule has 4 amide bonds. The maximum absolute atomic E-state index is 12.7. The second-order valence-corrected chi connectivity index (χ2v) is 6.94. The normalized spacial score (nSPS) is 19.7. The monoisotopic (exact) mass is 383 g/mol. The summed E-state index contributed by atoms with van der Waals surface area (Å²) in [6, 6.07) is 3.34. The minimum absolute atomic E-state index is 0.157. The highest BCUT2D eigenvalue weighted by molar-refractivity contribution is 6.10. The van der Waals surface area contributed by atoms with Crippen molar-refractivity contribution in [3.63, 3.8) is 0 Å². The zero-order chi connectivity index (χ0) is 19.7. The Morgan fingerprint density at radius 3 is 2.22 bits per heavy atom. The maximum Gasteiger partial charge on any atom is 0.416 e. The van der Waals surface area contributed by atoms with Gasteiger partial charge in [-0.15, -0.1) is 0 Å². The fourth-order valence-corrected chi connectivity index (χ4v) is 3.58. The zero-order valence-corrected chi connectivity index (χ0v) is 14.6. The summed E-state index contributed by atoms with van der Waals surface area (Å²) in [5.74, 6) is -1.05. The van der Waals surface area contributed by atoms with Gasteiger partial charge in [-0.1, -0.05) is 25.7 Å². The van der Waals surface area contributed by atoms with E-state index in [-0.39, 0.29) is 5.69 Å². The van der Waals surface area contributed by atoms with Crippen LogP contribution in [0.5, 0.6) is 0 Å². The number of imide groups is 1. The number of alkyl halides is 3. The number of rotatable bonds is 3. The second kappa shape index (κ2) is 7.21.